The van der Waals surface area contributed by atoms with Crippen LogP contribution < -0.4 is 10.5 Å². The van der Waals surface area contributed by atoms with E-state index in [0.29, 0.717) is 6.61 Å². The molecule has 0 fully saturated rings. The molecular weight excluding hydrogens is 256 g/mol. The lowest BCUT2D eigenvalue weighted by Crippen LogP contribution is -2.10. The van der Waals surface area contributed by atoms with Crippen molar-refractivity contribution in [2.75, 3.05) is 6.61 Å². The highest BCUT2D eigenvalue weighted by Crippen LogP contribution is 2.25. The molecule has 0 radical (unpaired) electrons. The Bertz CT molecular complexity index is 549. The van der Waals surface area contributed by atoms with Crippen LogP contribution in [0.5, 0.6) is 5.75 Å². The molecule has 1 aromatic carbocycles. The van der Waals surface area contributed by atoms with Gasteiger partial charge in [0.25, 0.3) is 0 Å². The summed E-state index contributed by atoms with van der Waals surface area (Å²) >= 11 is 1.68. The van der Waals surface area contributed by atoms with Crippen molar-refractivity contribution in [1.82, 2.24) is 4.98 Å². The van der Waals surface area contributed by atoms with Gasteiger partial charge in [-0.15, -0.1) is 11.3 Å². The topological polar surface area (TPSA) is 48.1 Å². The summed E-state index contributed by atoms with van der Waals surface area (Å²) < 4.78 is 5.88. The fourth-order valence-electron chi connectivity index (χ4n) is 1.97. The number of aryl methyl sites for hydroxylation is 2. The lowest BCUT2D eigenvalue weighted by Gasteiger charge is -2.14. The minimum absolute atomic E-state index is 0.0139. The molecule has 102 valence electrons. The number of rotatable bonds is 5. The maximum Gasteiger partial charge on any atom is 0.124 e. The number of nitrogens with zero attached hydrogens (tertiary/aromatic N) is 1. The van der Waals surface area contributed by atoms with Gasteiger partial charge in [0, 0.05) is 22.9 Å². The third-order valence-corrected chi connectivity index (χ3v) is 4.08. The highest BCUT2D eigenvalue weighted by atomic mass is 32.1. The van der Waals surface area contributed by atoms with Crippen LogP contribution in [0.1, 0.15) is 34.7 Å². The van der Waals surface area contributed by atoms with E-state index in [1.807, 2.05) is 25.4 Å². The van der Waals surface area contributed by atoms with Crippen molar-refractivity contribution in [3.8, 4) is 5.75 Å². The highest BCUT2D eigenvalue weighted by molar-refractivity contribution is 7.09. The zero-order valence-electron chi connectivity index (χ0n) is 11.6. The second-order valence-corrected chi connectivity index (χ2v) is 5.73. The molecule has 0 bridgehead atoms. The Morgan fingerprint density at radius 3 is 2.79 bits per heavy atom. The first-order valence-electron chi connectivity index (χ1n) is 6.46. The molecule has 2 aromatic rings. The molecule has 3 nitrogen and oxygen atoms in total. The fraction of sp³-hybridized carbons (Fsp3) is 0.400. The molecule has 2 N–H and O–H groups in total. The first-order chi connectivity index (χ1) is 9.08. The van der Waals surface area contributed by atoms with Crippen molar-refractivity contribution in [3.63, 3.8) is 0 Å². The van der Waals surface area contributed by atoms with E-state index in [-0.39, 0.29) is 6.04 Å². The number of hydrogen-bond donors (Lipinski definition) is 1. The van der Waals surface area contributed by atoms with Gasteiger partial charge >= 0.3 is 0 Å². The van der Waals surface area contributed by atoms with Gasteiger partial charge in [-0.3, -0.25) is 0 Å². The van der Waals surface area contributed by atoms with E-state index in [1.165, 1.54) is 10.4 Å². The number of hydrogen-bond acceptors (Lipinski definition) is 4. The van der Waals surface area contributed by atoms with E-state index in [4.69, 9.17) is 10.5 Å². The van der Waals surface area contributed by atoms with Gasteiger partial charge in [-0.1, -0.05) is 17.7 Å². The third kappa shape index (κ3) is 3.55. The predicted molar refractivity (Wildman–Crippen MR) is 79.8 cm³/mol. The monoisotopic (exact) mass is 276 g/mol. The Hall–Kier alpha value is -1.39. The van der Waals surface area contributed by atoms with Gasteiger partial charge in [-0.25, -0.2) is 4.98 Å². The molecule has 19 heavy (non-hydrogen) atoms. The van der Waals surface area contributed by atoms with Crippen LogP contribution in [0.25, 0.3) is 0 Å². The molecule has 0 unspecified atom stereocenters. The van der Waals surface area contributed by atoms with Crippen LogP contribution in [-0.2, 0) is 6.42 Å². The van der Waals surface area contributed by atoms with Gasteiger partial charge in [0.2, 0.25) is 0 Å². The molecule has 0 saturated heterocycles. The van der Waals surface area contributed by atoms with Crippen molar-refractivity contribution in [2.24, 2.45) is 5.73 Å². The zero-order chi connectivity index (χ0) is 13.8. The zero-order valence-corrected chi connectivity index (χ0v) is 12.5. The first-order valence-corrected chi connectivity index (χ1v) is 7.34. The van der Waals surface area contributed by atoms with E-state index >= 15 is 0 Å². The molecule has 2 rings (SSSR count). The second-order valence-electron chi connectivity index (χ2n) is 4.79. The number of ether oxygens (including phenoxy) is 1. The standard InChI is InChI=1S/C15H20N2OS/c1-10-4-5-14(13(8-10)11(2)16)18-7-6-15-12(3)17-9-19-15/h4-5,8-9,11H,6-7,16H2,1-3H3/t11-/m0/s1. The Balaban J connectivity index is 2.01. The predicted octanol–water partition coefficient (Wildman–Crippen LogP) is 3.40. The van der Waals surface area contributed by atoms with Crippen molar-refractivity contribution < 1.29 is 4.74 Å². The molecule has 1 atom stereocenters. The quantitative estimate of drug-likeness (QED) is 0.910. The second kappa shape index (κ2) is 6.17. The number of benzene rings is 1. The molecule has 0 aliphatic carbocycles. The van der Waals surface area contributed by atoms with Gasteiger partial charge in [-0.05, 0) is 26.8 Å². The molecule has 0 spiro atoms. The van der Waals surface area contributed by atoms with Crippen LogP contribution in [0.15, 0.2) is 23.7 Å². The van der Waals surface area contributed by atoms with Gasteiger partial charge < -0.3 is 10.5 Å². The number of nitrogens with two attached hydrogens (primary N) is 1. The average Bonchev–Trinajstić information content (AvgIpc) is 2.77. The summed E-state index contributed by atoms with van der Waals surface area (Å²) in [4.78, 5) is 5.53. The Labute approximate surface area is 118 Å². The third-order valence-electron chi connectivity index (χ3n) is 3.09. The van der Waals surface area contributed by atoms with Crippen LogP contribution in [0.2, 0.25) is 0 Å². The minimum atomic E-state index is -0.0139. The van der Waals surface area contributed by atoms with Gasteiger partial charge in [-0.2, -0.15) is 0 Å². The van der Waals surface area contributed by atoms with Gasteiger partial charge in [0.15, 0.2) is 0 Å². The maximum atomic E-state index is 5.99. The van der Waals surface area contributed by atoms with Crippen LogP contribution in [0.3, 0.4) is 0 Å². The molecule has 1 aromatic heterocycles. The molecule has 0 saturated carbocycles. The summed E-state index contributed by atoms with van der Waals surface area (Å²) in [6.07, 6.45) is 0.892. The summed E-state index contributed by atoms with van der Waals surface area (Å²) in [5.41, 5.74) is 11.2. The number of thiazole rings is 1. The smallest absolute Gasteiger partial charge is 0.124 e. The van der Waals surface area contributed by atoms with E-state index in [2.05, 4.69) is 24.0 Å². The van der Waals surface area contributed by atoms with Crippen LogP contribution in [0.4, 0.5) is 0 Å². The van der Waals surface area contributed by atoms with E-state index in [1.54, 1.807) is 11.3 Å². The largest absolute Gasteiger partial charge is 0.493 e. The normalized spacial score (nSPS) is 12.4. The van der Waals surface area contributed by atoms with E-state index < -0.39 is 0 Å². The lowest BCUT2D eigenvalue weighted by molar-refractivity contribution is 0.317. The van der Waals surface area contributed by atoms with Crippen molar-refractivity contribution in [3.05, 3.63) is 45.4 Å². The van der Waals surface area contributed by atoms with Gasteiger partial charge in [0.05, 0.1) is 17.8 Å². The Morgan fingerprint density at radius 1 is 1.37 bits per heavy atom. The van der Waals surface area contributed by atoms with Crippen molar-refractivity contribution in [1.29, 1.82) is 0 Å². The van der Waals surface area contributed by atoms with E-state index in [9.17, 15) is 0 Å². The molecule has 1 heterocycles. The summed E-state index contributed by atoms with van der Waals surface area (Å²) in [5.74, 6) is 0.891. The first kappa shape index (κ1) is 14.0. The lowest BCUT2D eigenvalue weighted by atomic mass is 10.1. The summed E-state index contributed by atoms with van der Waals surface area (Å²) in [5, 5.41) is 0. The average molecular weight is 276 g/mol. The minimum Gasteiger partial charge on any atom is -0.493 e. The summed E-state index contributed by atoms with van der Waals surface area (Å²) in [6.45, 7) is 6.74. The van der Waals surface area contributed by atoms with Crippen molar-refractivity contribution >= 4 is 11.3 Å². The summed E-state index contributed by atoms with van der Waals surface area (Å²) in [6, 6.07) is 6.14. The Kier molecular flexibility index (Phi) is 4.56. The number of aromatic nitrogens is 1. The van der Waals surface area contributed by atoms with Crippen molar-refractivity contribution in [2.45, 2.75) is 33.2 Å². The molecular formula is C15H20N2OS. The Morgan fingerprint density at radius 2 is 2.16 bits per heavy atom. The van der Waals surface area contributed by atoms with Crippen LogP contribution in [0, 0.1) is 13.8 Å². The molecule has 0 aliphatic rings. The molecule has 0 aliphatic heterocycles. The molecule has 0 amide bonds. The van der Waals surface area contributed by atoms with Crippen LogP contribution >= 0.6 is 11.3 Å². The maximum absolute atomic E-state index is 5.99. The SMILES string of the molecule is Cc1ccc(OCCc2scnc2C)c([C@H](C)N)c1. The molecule has 4 heteroatoms. The van der Waals surface area contributed by atoms with Gasteiger partial charge in [0.1, 0.15) is 5.75 Å². The van der Waals surface area contributed by atoms with Crippen LogP contribution in [-0.4, -0.2) is 11.6 Å². The highest BCUT2D eigenvalue weighted by Gasteiger charge is 2.09. The van der Waals surface area contributed by atoms with E-state index in [0.717, 1.165) is 23.4 Å². The summed E-state index contributed by atoms with van der Waals surface area (Å²) in [7, 11) is 0. The fourth-order valence-corrected chi connectivity index (χ4v) is 2.74.